The highest BCUT2D eigenvalue weighted by Crippen LogP contribution is 2.16. The Bertz CT molecular complexity index is 283. The highest BCUT2D eigenvalue weighted by Gasteiger charge is 2.28. The van der Waals surface area contributed by atoms with Gasteiger partial charge in [-0.1, -0.05) is 0 Å². The van der Waals surface area contributed by atoms with Crippen LogP contribution in [0.1, 0.15) is 19.8 Å². The van der Waals surface area contributed by atoms with Crippen LogP contribution in [0.15, 0.2) is 0 Å². The van der Waals surface area contributed by atoms with E-state index in [9.17, 15) is 9.59 Å². The summed E-state index contributed by atoms with van der Waals surface area (Å²) in [5.41, 5.74) is 0. The van der Waals surface area contributed by atoms with Gasteiger partial charge in [0.1, 0.15) is 0 Å². The molecule has 1 fully saturated rings. The normalized spacial score (nSPS) is 22.0. The van der Waals surface area contributed by atoms with Crippen LogP contribution in [0.3, 0.4) is 0 Å². The predicted molar refractivity (Wildman–Crippen MR) is 61.8 cm³/mol. The van der Waals surface area contributed by atoms with Gasteiger partial charge in [-0.3, -0.25) is 4.79 Å². The number of piperidine rings is 1. The van der Waals surface area contributed by atoms with Crippen molar-refractivity contribution in [3.8, 4) is 0 Å². The summed E-state index contributed by atoms with van der Waals surface area (Å²) in [7, 11) is 1.57. The van der Waals surface area contributed by atoms with Gasteiger partial charge in [0.25, 0.3) is 0 Å². The summed E-state index contributed by atoms with van der Waals surface area (Å²) in [6.07, 6.45) is 1.38. The largest absolute Gasteiger partial charge is 0.481 e. The molecule has 1 saturated heterocycles. The number of methoxy groups -OCH3 is 1. The number of nitrogens with one attached hydrogen (secondary N) is 1. The number of amides is 2. The third-order valence-electron chi connectivity index (χ3n) is 2.84. The van der Waals surface area contributed by atoms with E-state index < -0.39 is 11.9 Å². The van der Waals surface area contributed by atoms with Crippen LogP contribution in [0.2, 0.25) is 0 Å². The molecule has 0 radical (unpaired) electrons. The van der Waals surface area contributed by atoms with E-state index in [4.69, 9.17) is 9.84 Å². The lowest BCUT2D eigenvalue weighted by molar-refractivity contribution is -0.143. The van der Waals surface area contributed by atoms with E-state index in [-0.39, 0.29) is 12.1 Å². The van der Waals surface area contributed by atoms with Crippen LogP contribution < -0.4 is 5.32 Å². The maximum absolute atomic E-state index is 11.8. The van der Waals surface area contributed by atoms with Crippen LogP contribution in [0.4, 0.5) is 4.79 Å². The number of carboxylic acid groups (broad SMARTS) is 1. The molecular formula is C11H20N2O4. The minimum absolute atomic E-state index is 0.0716. The third kappa shape index (κ3) is 4.22. The van der Waals surface area contributed by atoms with Gasteiger partial charge in [0.2, 0.25) is 0 Å². The molecule has 6 nitrogen and oxygen atoms in total. The molecule has 6 heteroatoms. The smallest absolute Gasteiger partial charge is 0.317 e. The Labute approximate surface area is 101 Å². The number of carboxylic acids is 1. The molecule has 0 aliphatic carbocycles. The molecule has 0 bridgehead atoms. The summed E-state index contributed by atoms with van der Waals surface area (Å²) in [5, 5.41) is 11.7. The van der Waals surface area contributed by atoms with Crippen LogP contribution in [0.25, 0.3) is 0 Å². The van der Waals surface area contributed by atoms with Crippen molar-refractivity contribution in [2.24, 2.45) is 5.92 Å². The van der Waals surface area contributed by atoms with Gasteiger partial charge in [-0.05, 0) is 19.8 Å². The van der Waals surface area contributed by atoms with Gasteiger partial charge < -0.3 is 20.1 Å². The molecule has 0 aromatic rings. The predicted octanol–water partition coefficient (Wildman–Crippen LogP) is 0.527. The number of carbonyl (C=O) groups excluding carboxylic acids is 1. The number of likely N-dealkylation sites (tertiary alicyclic amines) is 1. The zero-order chi connectivity index (χ0) is 12.8. The SMILES string of the molecule is COC[C@@H](C)NC(=O)N1CCCC(C(=O)O)C1. The molecule has 98 valence electrons. The Morgan fingerprint density at radius 2 is 2.29 bits per heavy atom. The molecular weight excluding hydrogens is 224 g/mol. The second kappa shape index (κ2) is 6.44. The van der Waals surface area contributed by atoms with E-state index >= 15 is 0 Å². The van der Waals surface area contributed by atoms with Crippen molar-refractivity contribution >= 4 is 12.0 Å². The number of carbonyl (C=O) groups is 2. The summed E-state index contributed by atoms with van der Waals surface area (Å²) in [4.78, 5) is 24.3. The van der Waals surface area contributed by atoms with Gasteiger partial charge >= 0.3 is 12.0 Å². The first-order valence-corrected chi connectivity index (χ1v) is 5.81. The van der Waals surface area contributed by atoms with Crippen LogP contribution >= 0.6 is 0 Å². The first-order valence-electron chi connectivity index (χ1n) is 5.81. The van der Waals surface area contributed by atoms with Crippen LogP contribution in [0.5, 0.6) is 0 Å². The van der Waals surface area contributed by atoms with Crippen molar-refractivity contribution < 1.29 is 19.4 Å². The standard InChI is InChI=1S/C11H20N2O4/c1-8(7-17-2)12-11(16)13-5-3-4-9(6-13)10(14)15/h8-9H,3-7H2,1-2H3,(H,12,16)(H,14,15)/t8-,9?/m1/s1. The zero-order valence-corrected chi connectivity index (χ0v) is 10.3. The minimum Gasteiger partial charge on any atom is -0.481 e. The number of rotatable bonds is 4. The van der Waals surface area contributed by atoms with Crippen molar-refractivity contribution in [2.45, 2.75) is 25.8 Å². The number of hydrogen-bond donors (Lipinski definition) is 2. The first kappa shape index (κ1) is 13.8. The van der Waals surface area contributed by atoms with E-state index in [1.165, 1.54) is 0 Å². The Kier molecular flexibility index (Phi) is 5.21. The maximum Gasteiger partial charge on any atom is 0.317 e. The molecule has 2 amide bonds. The molecule has 2 N–H and O–H groups in total. The maximum atomic E-state index is 11.8. The second-order valence-electron chi connectivity index (χ2n) is 4.43. The molecule has 1 heterocycles. The van der Waals surface area contributed by atoms with E-state index in [1.54, 1.807) is 12.0 Å². The summed E-state index contributed by atoms with van der Waals surface area (Å²) >= 11 is 0. The lowest BCUT2D eigenvalue weighted by Gasteiger charge is -2.31. The van der Waals surface area contributed by atoms with E-state index in [1.807, 2.05) is 6.92 Å². The molecule has 0 saturated carbocycles. The van der Waals surface area contributed by atoms with Crippen LogP contribution in [-0.2, 0) is 9.53 Å². The van der Waals surface area contributed by atoms with Crippen LogP contribution in [-0.4, -0.2) is 54.9 Å². The highest BCUT2D eigenvalue weighted by molar-refractivity contribution is 5.76. The van der Waals surface area contributed by atoms with Crippen molar-refractivity contribution in [3.05, 3.63) is 0 Å². The average Bonchev–Trinajstić information content (AvgIpc) is 2.29. The van der Waals surface area contributed by atoms with Gasteiger partial charge in [-0.2, -0.15) is 0 Å². The van der Waals surface area contributed by atoms with E-state index in [2.05, 4.69) is 5.32 Å². The number of ether oxygens (including phenoxy) is 1. The van der Waals surface area contributed by atoms with Crippen molar-refractivity contribution in [1.29, 1.82) is 0 Å². The summed E-state index contributed by atoms with van der Waals surface area (Å²) in [6.45, 7) is 3.21. The molecule has 1 aliphatic rings. The average molecular weight is 244 g/mol. The molecule has 1 rings (SSSR count). The van der Waals surface area contributed by atoms with Crippen molar-refractivity contribution in [2.75, 3.05) is 26.8 Å². The molecule has 2 atom stereocenters. The zero-order valence-electron chi connectivity index (χ0n) is 10.3. The number of aliphatic carboxylic acids is 1. The summed E-state index contributed by atoms with van der Waals surface area (Å²) < 4.78 is 4.92. The quantitative estimate of drug-likeness (QED) is 0.756. The van der Waals surface area contributed by atoms with Crippen LogP contribution in [0, 0.1) is 5.92 Å². The summed E-state index contributed by atoms with van der Waals surface area (Å²) in [5.74, 6) is -1.26. The van der Waals surface area contributed by atoms with Gasteiger partial charge in [0, 0.05) is 20.2 Å². The molecule has 0 spiro atoms. The lowest BCUT2D eigenvalue weighted by Crippen LogP contribution is -2.50. The monoisotopic (exact) mass is 244 g/mol. The van der Waals surface area contributed by atoms with Gasteiger partial charge in [-0.25, -0.2) is 4.79 Å². The number of urea groups is 1. The Hall–Kier alpha value is -1.30. The Balaban J connectivity index is 2.43. The van der Waals surface area contributed by atoms with Crippen molar-refractivity contribution in [1.82, 2.24) is 10.2 Å². The topological polar surface area (TPSA) is 78.9 Å². The summed E-state index contributed by atoms with van der Waals surface area (Å²) in [6, 6.07) is -0.279. The number of nitrogens with zero attached hydrogens (tertiary/aromatic N) is 1. The molecule has 17 heavy (non-hydrogen) atoms. The fourth-order valence-corrected chi connectivity index (χ4v) is 1.96. The molecule has 0 aromatic carbocycles. The first-order chi connectivity index (χ1) is 8.04. The van der Waals surface area contributed by atoms with Crippen molar-refractivity contribution in [3.63, 3.8) is 0 Å². The third-order valence-corrected chi connectivity index (χ3v) is 2.84. The Morgan fingerprint density at radius 1 is 1.59 bits per heavy atom. The fourth-order valence-electron chi connectivity index (χ4n) is 1.96. The van der Waals surface area contributed by atoms with E-state index in [0.29, 0.717) is 26.1 Å². The molecule has 0 aromatic heterocycles. The van der Waals surface area contributed by atoms with Gasteiger partial charge in [0.15, 0.2) is 0 Å². The molecule has 1 aliphatic heterocycles. The fraction of sp³-hybridized carbons (Fsp3) is 0.818. The highest BCUT2D eigenvalue weighted by atomic mass is 16.5. The second-order valence-corrected chi connectivity index (χ2v) is 4.43. The van der Waals surface area contributed by atoms with E-state index in [0.717, 1.165) is 6.42 Å². The van der Waals surface area contributed by atoms with Gasteiger partial charge in [-0.15, -0.1) is 0 Å². The van der Waals surface area contributed by atoms with Gasteiger partial charge in [0.05, 0.1) is 18.6 Å². The number of hydrogen-bond acceptors (Lipinski definition) is 3. The minimum atomic E-state index is -0.826. The Morgan fingerprint density at radius 3 is 2.88 bits per heavy atom. The lowest BCUT2D eigenvalue weighted by atomic mass is 9.99. The molecule has 1 unspecified atom stereocenters.